The fourth-order valence-electron chi connectivity index (χ4n) is 4.34. The number of amides is 1. The van der Waals surface area contributed by atoms with E-state index in [1.165, 1.54) is 5.56 Å². The van der Waals surface area contributed by atoms with Gasteiger partial charge in [-0.1, -0.05) is 61.0 Å². The summed E-state index contributed by atoms with van der Waals surface area (Å²) in [5.41, 5.74) is 5.74. The zero-order chi connectivity index (χ0) is 23.7. The first-order valence-electron chi connectivity index (χ1n) is 11.4. The van der Waals surface area contributed by atoms with Crippen molar-refractivity contribution in [2.45, 2.75) is 33.4 Å². The summed E-state index contributed by atoms with van der Waals surface area (Å²) in [6, 6.07) is 23.6. The fourth-order valence-corrected chi connectivity index (χ4v) is 4.34. The highest BCUT2D eigenvalue weighted by Gasteiger charge is 2.19. The lowest BCUT2D eigenvalue weighted by atomic mass is 10.1. The summed E-state index contributed by atoms with van der Waals surface area (Å²) in [6.07, 6.45) is 2.54. The number of hydrogen-bond donors (Lipinski definition) is 1. The minimum Gasteiger partial charge on any atom is -0.325 e. The van der Waals surface area contributed by atoms with E-state index in [0.29, 0.717) is 17.6 Å². The van der Waals surface area contributed by atoms with Crippen LogP contribution in [-0.2, 0) is 24.3 Å². The minimum atomic E-state index is -0.193. The number of rotatable bonds is 6. The van der Waals surface area contributed by atoms with E-state index >= 15 is 0 Å². The number of hydrogen-bond acceptors (Lipinski definition) is 3. The summed E-state index contributed by atoms with van der Waals surface area (Å²) in [4.78, 5) is 31.3. The molecule has 1 N–H and O–H groups in total. The molecule has 6 nitrogen and oxygen atoms in total. The fraction of sp³-hybridized carbons (Fsp3) is 0.179. The molecule has 0 aliphatic heterocycles. The maximum atomic E-state index is 13.6. The average molecular weight is 451 g/mol. The Kier molecular flexibility index (Phi) is 5.72. The van der Waals surface area contributed by atoms with E-state index in [2.05, 4.69) is 17.2 Å². The maximum Gasteiger partial charge on any atom is 0.278 e. The third kappa shape index (κ3) is 4.10. The lowest BCUT2D eigenvalue weighted by molar-refractivity contribution is -0.116. The van der Waals surface area contributed by atoms with Crippen molar-refractivity contribution in [1.82, 2.24) is 14.1 Å². The second kappa shape index (κ2) is 8.98. The third-order valence-electron chi connectivity index (χ3n) is 6.13. The third-order valence-corrected chi connectivity index (χ3v) is 6.13. The van der Waals surface area contributed by atoms with Gasteiger partial charge in [0.2, 0.25) is 5.91 Å². The molecule has 2 heterocycles. The van der Waals surface area contributed by atoms with E-state index in [4.69, 9.17) is 0 Å². The molecule has 0 unspecified atom stereocenters. The molecular weight excluding hydrogens is 424 g/mol. The van der Waals surface area contributed by atoms with Crippen LogP contribution in [0.15, 0.2) is 83.9 Å². The van der Waals surface area contributed by atoms with Crippen molar-refractivity contribution in [3.05, 3.63) is 106 Å². The van der Waals surface area contributed by atoms with Gasteiger partial charge >= 0.3 is 0 Å². The molecule has 0 atom stereocenters. The smallest absolute Gasteiger partial charge is 0.278 e. The zero-order valence-corrected chi connectivity index (χ0v) is 19.3. The monoisotopic (exact) mass is 450 g/mol. The summed E-state index contributed by atoms with van der Waals surface area (Å²) in [5.74, 6) is -0.193. The lowest BCUT2D eigenvalue weighted by Crippen LogP contribution is -2.25. The van der Waals surface area contributed by atoms with Crippen LogP contribution in [0.25, 0.3) is 21.9 Å². The number of aryl methyl sites for hydroxylation is 2. The lowest BCUT2D eigenvalue weighted by Gasteiger charge is -2.10. The highest BCUT2D eigenvalue weighted by atomic mass is 16.2. The predicted octanol–water partition coefficient (Wildman–Crippen LogP) is 4.91. The van der Waals surface area contributed by atoms with Gasteiger partial charge < -0.3 is 9.88 Å². The molecule has 6 heteroatoms. The van der Waals surface area contributed by atoms with Gasteiger partial charge in [-0.2, -0.15) is 0 Å². The molecule has 0 bridgehead atoms. The molecule has 170 valence electrons. The van der Waals surface area contributed by atoms with Crippen LogP contribution in [-0.4, -0.2) is 20.0 Å². The van der Waals surface area contributed by atoms with Crippen molar-refractivity contribution in [2.24, 2.45) is 0 Å². The molecule has 0 saturated carbocycles. The summed E-state index contributed by atoms with van der Waals surface area (Å²) in [5, 5.41) is 3.83. The van der Waals surface area contributed by atoms with E-state index in [0.717, 1.165) is 34.1 Å². The normalized spacial score (nSPS) is 11.2. The molecule has 5 rings (SSSR count). The van der Waals surface area contributed by atoms with Crippen LogP contribution in [0.3, 0.4) is 0 Å². The molecule has 0 fully saturated rings. The second-order valence-electron chi connectivity index (χ2n) is 8.57. The van der Waals surface area contributed by atoms with Crippen LogP contribution in [0.5, 0.6) is 0 Å². The molecule has 0 saturated heterocycles. The number of benzene rings is 3. The standard InChI is InChI=1S/C28H26N4O2/c1-3-20-10-12-22(13-11-20)30-25(33)17-32-24-14-9-19(2)15-23(24)26-27(32)28(34)31(18-29-26)16-21-7-5-4-6-8-21/h4-15,18H,3,16-17H2,1-2H3,(H,30,33). The number of carbonyl (C=O) groups is 1. The molecule has 0 aliphatic rings. The molecule has 5 aromatic rings. The van der Waals surface area contributed by atoms with Gasteiger partial charge in [0.05, 0.1) is 18.4 Å². The van der Waals surface area contributed by atoms with Crippen LogP contribution in [0, 0.1) is 6.92 Å². The number of nitrogens with zero attached hydrogens (tertiary/aromatic N) is 3. The number of anilines is 1. The van der Waals surface area contributed by atoms with E-state index in [1.54, 1.807) is 15.5 Å². The van der Waals surface area contributed by atoms with E-state index in [-0.39, 0.29) is 18.0 Å². The van der Waals surface area contributed by atoms with Crippen LogP contribution in [0.2, 0.25) is 0 Å². The van der Waals surface area contributed by atoms with E-state index in [1.807, 2.05) is 79.7 Å². The van der Waals surface area contributed by atoms with Gasteiger partial charge in [-0.25, -0.2) is 4.98 Å². The van der Waals surface area contributed by atoms with Gasteiger partial charge in [-0.3, -0.25) is 14.2 Å². The predicted molar refractivity (Wildman–Crippen MR) is 136 cm³/mol. The maximum absolute atomic E-state index is 13.6. The Morgan fingerprint density at radius 2 is 1.74 bits per heavy atom. The summed E-state index contributed by atoms with van der Waals surface area (Å²) in [7, 11) is 0. The molecule has 0 radical (unpaired) electrons. The highest BCUT2D eigenvalue weighted by molar-refractivity contribution is 6.06. The largest absolute Gasteiger partial charge is 0.325 e. The molecular formula is C28H26N4O2. The van der Waals surface area contributed by atoms with Gasteiger partial charge in [-0.15, -0.1) is 0 Å². The topological polar surface area (TPSA) is 68.9 Å². The Labute approximate surface area is 197 Å². The molecule has 2 aromatic heterocycles. The van der Waals surface area contributed by atoms with Crippen LogP contribution in [0.1, 0.15) is 23.6 Å². The minimum absolute atomic E-state index is 0.0187. The van der Waals surface area contributed by atoms with Crippen molar-refractivity contribution in [3.8, 4) is 0 Å². The van der Waals surface area contributed by atoms with Gasteiger partial charge in [0.15, 0.2) is 0 Å². The van der Waals surface area contributed by atoms with Crippen molar-refractivity contribution >= 4 is 33.5 Å². The van der Waals surface area contributed by atoms with Crippen LogP contribution < -0.4 is 10.9 Å². The Morgan fingerprint density at radius 3 is 2.47 bits per heavy atom. The molecule has 1 amide bonds. The van der Waals surface area contributed by atoms with Crippen molar-refractivity contribution in [2.75, 3.05) is 5.32 Å². The van der Waals surface area contributed by atoms with Crippen LogP contribution in [0.4, 0.5) is 5.69 Å². The highest BCUT2D eigenvalue weighted by Crippen LogP contribution is 2.26. The summed E-state index contributed by atoms with van der Waals surface area (Å²) >= 11 is 0. The van der Waals surface area contributed by atoms with Gasteiger partial charge in [0.25, 0.3) is 5.56 Å². The van der Waals surface area contributed by atoms with Crippen molar-refractivity contribution < 1.29 is 4.79 Å². The molecule has 3 aromatic carbocycles. The van der Waals surface area contributed by atoms with Gasteiger partial charge in [0, 0.05) is 11.1 Å². The Hall–Kier alpha value is -4.19. The number of nitrogens with one attached hydrogen (secondary N) is 1. The van der Waals surface area contributed by atoms with E-state index in [9.17, 15) is 9.59 Å². The number of fused-ring (bicyclic) bond motifs is 3. The Bertz CT molecular complexity index is 1550. The Balaban J connectivity index is 1.57. The van der Waals surface area contributed by atoms with Crippen molar-refractivity contribution in [1.29, 1.82) is 0 Å². The summed E-state index contributed by atoms with van der Waals surface area (Å²) < 4.78 is 3.39. The van der Waals surface area contributed by atoms with Crippen molar-refractivity contribution in [3.63, 3.8) is 0 Å². The Morgan fingerprint density at radius 1 is 0.971 bits per heavy atom. The number of aromatic nitrogens is 3. The summed E-state index contributed by atoms with van der Waals surface area (Å²) in [6.45, 7) is 4.53. The first-order chi connectivity index (χ1) is 16.5. The molecule has 0 aliphatic carbocycles. The zero-order valence-electron chi connectivity index (χ0n) is 19.3. The van der Waals surface area contributed by atoms with Gasteiger partial charge in [0.1, 0.15) is 17.6 Å². The van der Waals surface area contributed by atoms with E-state index < -0.39 is 0 Å². The quantitative estimate of drug-likeness (QED) is 0.400. The number of carbonyl (C=O) groups excluding carboxylic acids is 1. The molecule has 34 heavy (non-hydrogen) atoms. The average Bonchev–Trinajstić information content (AvgIpc) is 3.15. The molecule has 0 spiro atoms. The second-order valence-corrected chi connectivity index (χ2v) is 8.57. The van der Waals surface area contributed by atoms with Crippen LogP contribution >= 0.6 is 0 Å². The SMILES string of the molecule is CCc1ccc(NC(=O)Cn2c3ccc(C)cc3c3ncn(Cc4ccccc4)c(=O)c32)cc1. The van der Waals surface area contributed by atoms with Gasteiger partial charge in [-0.05, 0) is 48.7 Å². The first kappa shape index (κ1) is 21.6. The first-order valence-corrected chi connectivity index (χ1v) is 11.4.